The van der Waals surface area contributed by atoms with E-state index < -0.39 is 29.9 Å². The number of nitrogens with one attached hydrogen (secondary N) is 1. The van der Waals surface area contributed by atoms with Crippen molar-refractivity contribution in [3.05, 3.63) is 11.8 Å². The minimum Gasteiger partial charge on any atom is -0.384 e. The molecule has 0 saturated heterocycles. The topological polar surface area (TPSA) is 29.1 Å². The van der Waals surface area contributed by atoms with Crippen LogP contribution in [0.5, 0.6) is 0 Å². The third-order valence-corrected chi connectivity index (χ3v) is 1.13. The molecule has 0 rings (SSSR count). The first-order valence-corrected chi connectivity index (χ1v) is 3.17. The highest BCUT2D eigenvalue weighted by Crippen LogP contribution is 2.25. The van der Waals surface area contributed by atoms with E-state index in [1.54, 1.807) is 0 Å². The van der Waals surface area contributed by atoms with Crippen LogP contribution in [-0.2, 0) is 4.79 Å². The highest BCUT2D eigenvalue weighted by molar-refractivity contribution is 5.95. The van der Waals surface area contributed by atoms with Crippen molar-refractivity contribution in [2.75, 3.05) is 7.05 Å². The summed E-state index contributed by atoms with van der Waals surface area (Å²) in [6.45, 7) is 0. The van der Waals surface area contributed by atoms with E-state index in [0.29, 0.717) is 0 Å². The van der Waals surface area contributed by atoms with Gasteiger partial charge in [-0.05, 0) is 0 Å². The molecule has 0 unspecified atom stereocenters. The third kappa shape index (κ3) is 3.67. The summed E-state index contributed by atoms with van der Waals surface area (Å²) in [4.78, 5) is 10.1. The first-order chi connectivity index (χ1) is 6.09. The van der Waals surface area contributed by atoms with Gasteiger partial charge in [0.05, 0.1) is 0 Å². The van der Waals surface area contributed by atoms with Gasteiger partial charge in [0.25, 0.3) is 5.78 Å². The summed E-state index contributed by atoms with van der Waals surface area (Å²) in [5, 5.41) is 1.46. The molecule has 82 valence electrons. The highest BCUT2D eigenvalue weighted by atomic mass is 19.4. The smallest absolute Gasteiger partial charge is 0.384 e. The average Bonchev–Trinajstić information content (AvgIpc) is 1.95. The molecule has 0 aromatic heterocycles. The molecule has 0 bridgehead atoms. The maximum Gasteiger partial charge on any atom is 0.454 e. The van der Waals surface area contributed by atoms with Crippen LogP contribution >= 0.6 is 0 Å². The zero-order valence-electron chi connectivity index (χ0n) is 6.75. The van der Waals surface area contributed by atoms with Crippen molar-refractivity contribution in [2.24, 2.45) is 0 Å². The fraction of sp³-hybridized carbons (Fsp3) is 0.500. The normalized spacial score (nSPS) is 14.1. The molecule has 0 aliphatic heterocycles. The zero-order valence-corrected chi connectivity index (χ0v) is 6.75. The second-order valence-electron chi connectivity index (χ2n) is 2.17. The molecule has 1 N–H and O–H groups in total. The molecule has 8 heteroatoms. The zero-order chi connectivity index (χ0) is 11.6. The number of hydrogen-bond donors (Lipinski definition) is 1. The van der Waals surface area contributed by atoms with Gasteiger partial charge in [-0.2, -0.15) is 26.3 Å². The number of halogens is 6. The quantitative estimate of drug-likeness (QED) is 0.568. The van der Waals surface area contributed by atoms with Crippen molar-refractivity contribution in [3.8, 4) is 0 Å². The van der Waals surface area contributed by atoms with Crippen LogP contribution in [0.4, 0.5) is 26.3 Å². The lowest BCUT2D eigenvalue weighted by molar-refractivity contribution is -0.166. The van der Waals surface area contributed by atoms with E-state index in [4.69, 9.17) is 0 Å². The number of alkyl halides is 6. The molecule has 2 nitrogen and oxygen atoms in total. The monoisotopic (exact) mass is 221 g/mol. The summed E-state index contributed by atoms with van der Waals surface area (Å²) in [6.07, 6.45) is -10.8. The molecule has 0 saturated carbocycles. The van der Waals surface area contributed by atoms with Crippen LogP contribution in [0.15, 0.2) is 11.8 Å². The van der Waals surface area contributed by atoms with Crippen LogP contribution in [0.25, 0.3) is 0 Å². The lowest BCUT2D eigenvalue weighted by Crippen LogP contribution is -2.28. The summed E-state index contributed by atoms with van der Waals surface area (Å²) < 4.78 is 70.1. The van der Waals surface area contributed by atoms with Crippen LogP contribution < -0.4 is 5.32 Å². The number of rotatable bonds is 2. The van der Waals surface area contributed by atoms with Gasteiger partial charge in [0.15, 0.2) is 0 Å². The minimum absolute atomic E-state index is 0.528. The van der Waals surface area contributed by atoms with Crippen molar-refractivity contribution in [2.45, 2.75) is 12.4 Å². The van der Waals surface area contributed by atoms with E-state index in [-0.39, 0.29) is 0 Å². The van der Waals surface area contributed by atoms with Crippen LogP contribution in [-0.4, -0.2) is 25.2 Å². The molecule has 0 amide bonds. The van der Waals surface area contributed by atoms with E-state index in [2.05, 4.69) is 0 Å². The van der Waals surface area contributed by atoms with Crippen LogP contribution in [0.2, 0.25) is 0 Å². The highest BCUT2D eigenvalue weighted by Gasteiger charge is 2.40. The lowest BCUT2D eigenvalue weighted by atomic mass is 10.3. The fourth-order valence-electron chi connectivity index (χ4n) is 0.509. The molecule has 14 heavy (non-hydrogen) atoms. The van der Waals surface area contributed by atoms with Gasteiger partial charge < -0.3 is 5.32 Å². The maximum absolute atomic E-state index is 11.8. The Morgan fingerprint density at radius 1 is 1.07 bits per heavy atom. The van der Waals surface area contributed by atoms with Crippen molar-refractivity contribution in [1.82, 2.24) is 5.32 Å². The SMILES string of the molecule is CNC(=CC(=O)C(F)(F)F)C(F)(F)F. The van der Waals surface area contributed by atoms with Gasteiger partial charge in [-0.15, -0.1) is 0 Å². The summed E-state index contributed by atoms with van der Waals surface area (Å²) in [7, 11) is 0.767. The fourth-order valence-corrected chi connectivity index (χ4v) is 0.509. The molecule has 0 radical (unpaired) electrons. The van der Waals surface area contributed by atoms with Crippen LogP contribution in [0, 0.1) is 0 Å². The largest absolute Gasteiger partial charge is 0.454 e. The first kappa shape index (κ1) is 12.8. The third-order valence-electron chi connectivity index (χ3n) is 1.13. The van der Waals surface area contributed by atoms with E-state index in [1.807, 2.05) is 0 Å². The van der Waals surface area contributed by atoms with Gasteiger partial charge in [0.1, 0.15) is 5.70 Å². The predicted octanol–water partition coefficient (Wildman–Crippen LogP) is 1.78. The molecule has 0 aliphatic rings. The average molecular weight is 221 g/mol. The summed E-state index contributed by atoms with van der Waals surface area (Å²) >= 11 is 0. The van der Waals surface area contributed by atoms with Gasteiger partial charge in [-0.25, -0.2) is 0 Å². The van der Waals surface area contributed by atoms with E-state index >= 15 is 0 Å². The Kier molecular flexibility index (Phi) is 3.55. The molecular formula is C6H5F6NO. The van der Waals surface area contributed by atoms with Crippen LogP contribution in [0.1, 0.15) is 0 Å². The van der Waals surface area contributed by atoms with Crippen molar-refractivity contribution in [1.29, 1.82) is 0 Å². The van der Waals surface area contributed by atoms with Crippen molar-refractivity contribution >= 4 is 5.78 Å². The Labute approximate surface area is 74.6 Å². The second-order valence-corrected chi connectivity index (χ2v) is 2.17. The number of allylic oxidation sites excluding steroid dienone is 2. The Hall–Kier alpha value is -1.21. The number of carbonyl (C=O) groups excluding carboxylic acids is 1. The van der Waals surface area contributed by atoms with Gasteiger partial charge in [0, 0.05) is 13.1 Å². The molecule has 0 aliphatic carbocycles. The number of carbonyl (C=O) groups is 1. The Bertz CT molecular complexity index is 250. The van der Waals surface area contributed by atoms with E-state index in [0.717, 1.165) is 7.05 Å². The van der Waals surface area contributed by atoms with E-state index in [9.17, 15) is 31.1 Å². The molecular weight excluding hydrogens is 216 g/mol. The Morgan fingerprint density at radius 3 is 1.71 bits per heavy atom. The van der Waals surface area contributed by atoms with Gasteiger partial charge in [0.2, 0.25) is 0 Å². The maximum atomic E-state index is 11.8. The minimum atomic E-state index is -5.30. The molecule has 0 spiro atoms. The molecule has 0 fully saturated rings. The summed E-state index contributed by atoms with van der Waals surface area (Å²) in [6, 6.07) is 0. The van der Waals surface area contributed by atoms with Crippen LogP contribution in [0.3, 0.4) is 0 Å². The number of hydrogen-bond acceptors (Lipinski definition) is 2. The first-order valence-electron chi connectivity index (χ1n) is 3.17. The summed E-state index contributed by atoms with van der Waals surface area (Å²) in [5.41, 5.74) is -1.74. The molecule has 0 aromatic rings. The standard InChI is InChI=1S/C6H5F6NO/c1-13-3(5(7,8)9)2-4(14)6(10,11)12/h2,13H,1H3. The Morgan fingerprint density at radius 2 is 1.50 bits per heavy atom. The van der Waals surface area contributed by atoms with Gasteiger partial charge >= 0.3 is 12.4 Å². The van der Waals surface area contributed by atoms with Crippen molar-refractivity contribution in [3.63, 3.8) is 0 Å². The summed E-state index contributed by atoms with van der Waals surface area (Å²) in [5.74, 6) is -2.56. The van der Waals surface area contributed by atoms with Crippen molar-refractivity contribution < 1.29 is 31.1 Å². The molecule has 0 atom stereocenters. The van der Waals surface area contributed by atoms with Gasteiger partial charge in [-0.3, -0.25) is 4.79 Å². The van der Waals surface area contributed by atoms with E-state index in [1.165, 1.54) is 5.32 Å². The predicted molar refractivity (Wildman–Crippen MR) is 34.3 cm³/mol. The molecule has 0 aromatic carbocycles. The number of ketones is 1. The lowest BCUT2D eigenvalue weighted by Gasteiger charge is -2.10. The Balaban J connectivity index is 4.89. The second kappa shape index (κ2) is 3.89. The van der Waals surface area contributed by atoms with Gasteiger partial charge in [-0.1, -0.05) is 0 Å². The molecule has 0 heterocycles.